The Morgan fingerprint density at radius 1 is 1.71 bits per heavy atom. The molecule has 0 radical (unpaired) electrons. The summed E-state index contributed by atoms with van der Waals surface area (Å²) in [4.78, 5) is 7.71. The number of nitriles is 1. The number of rotatable bonds is 3. The first-order chi connectivity index (χ1) is 6.77. The van der Waals surface area contributed by atoms with Gasteiger partial charge in [-0.2, -0.15) is 5.26 Å². The standard InChI is InChI=1S/C10H10N4/c1-3-4-8(2)14-10-9(5-11)6-12-7-13-10/h1,6-8H,4H2,2H3,(H,12,13,14). The average Bonchev–Trinajstić information content (AvgIpc) is 2.19. The second kappa shape index (κ2) is 4.84. The van der Waals surface area contributed by atoms with Crippen LogP contribution in [0.2, 0.25) is 0 Å². The highest BCUT2D eigenvalue weighted by Crippen LogP contribution is 2.10. The molecule has 0 saturated carbocycles. The second-order valence-electron chi connectivity index (χ2n) is 2.85. The molecule has 1 unspecified atom stereocenters. The molecule has 0 amide bonds. The molecular weight excluding hydrogens is 176 g/mol. The minimum Gasteiger partial charge on any atom is -0.365 e. The third kappa shape index (κ3) is 2.46. The molecular formula is C10H10N4. The lowest BCUT2D eigenvalue weighted by molar-refractivity contribution is 0.819. The van der Waals surface area contributed by atoms with Crippen molar-refractivity contribution in [2.75, 3.05) is 5.32 Å². The van der Waals surface area contributed by atoms with Crippen molar-refractivity contribution in [3.05, 3.63) is 18.1 Å². The van der Waals surface area contributed by atoms with Crippen LogP contribution < -0.4 is 5.32 Å². The van der Waals surface area contributed by atoms with Crippen LogP contribution in [0.4, 0.5) is 5.82 Å². The number of terminal acetylenes is 1. The van der Waals surface area contributed by atoms with Gasteiger partial charge in [-0.15, -0.1) is 12.3 Å². The van der Waals surface area contributed by atoms with E-state index in [4.69, 9.17) is 11.7 Å². The normalized spacial score (nSPS) is 11.1. The molecule has 0 fully saturated rings. The van der Waals surface area contributed by atoms with Gasteiger partial charge in [-0.3, -0.25) is 0 Å². The van der Waals surface area contributed by atoms with E-state index in [0.29, 0.717) is 17.8 Å². The zero-order chi connectivity index (χ0) is 10.4. The molecule has 0 aliphatic heterocycles. The van der Waals surface area contributed by atoms with Gasteiger partial charge >= 0.3 is 0 Å². The number of hydrogen-bond donors (Lipinski definition) is 1. The van der Waals surface area contributed by atoms with Crippen LogP contribution in [0.15, 0.2) is 12.5 Å². The quantitative estimate of drug-likeness (QED) is 0.720. The minimum absolute atomic E-state index is 0.0991. The summed E-state index contributed by atoms with van der Waals surface area (Å²) in [6.45, 7) is 1.93. The second-order valence-corrected chi connectivity index (χ2v) is 2.85. The maximum atomic E-state index is 8.75. The van der Waals surface area contributed by atoms with E-state index in [1.807, 2.05) is 13.0 Å². The Morgan fingerprint density at radius 2 is 2.50 bits per heavy atom. The zero-order valence-corrected chi connectivity index (χ0v) is 7.86. The number of hydrogen-bond acceptors (Lipinski definition) is 4. The van der Waals surface area contributed by atoms with Crippen molar-refractivity contribution in [1.29, 1.82) is 5.26 Å². The Morgan fingerprint density at radius 3 is 3.14 bits per heavy atom. The first kappa shape index (κ1) is 10.0. The molecule has 1 atom stereocenters. The Labute approximate surface area is 83.0 Å². The summed E-state index contributed by atoms with van der Waals surface area (Å²) in [5, 5.41) is 11.8. The summed E-state index contributed by atoms with van der Waals surface area (Å²) in [5.41, 5.74) is 0.427. The predicted molar refractivity (Wildman–Crippen MR) is 53.3 cm³/mol. The van der Waals surface area contributed by atoms with Crippen LogP contribution in [0, 0.1) is 23.7 Å². The van der Waals surface area contributed by atoms with Crippen LogP contribution in [0.25, 0.3) is 0 Å². The van der Waals surface area contributed by atoms with Gasteiger partial charge in [0, 0.05) is 12.5 Å². The van der Waals surface area contributed by atoms with Gasteiger partial charge in [0.25, 0.3) is 0 Å². The van der Waals surface area contributed by atoms with Crippen LogP contribution in [0.5, 0.6) is 0 Å². The molecule has 4 heteroatoms. The Hall–Kier alpha value is -2.07. The van der Waals surface area contributed by atoms with Gasteiger partial charge in [-0.25, -0.2) is 9.97 Å². The number of anilines is 1. The van der Waals surface area contributed by atoms with Gasteiger partial charge in [0.2, 0.25) is 0 Å². The van der Waals surface area contributed by atoms with E-state index in [1.165, 1.54) is 12.5 Å². The summed E-state index contributed by atoms with van der Waals surface area (Å²) in [6.07, 6.45) is 8.62. The summed E-state index contributed by atoms with van der Waals surface area (Å²) < 4.78 is 0. The fourth-order valence-corrected chi connectivity index (χ4v) is 0.988. The molecule has 1 N–H and O–H groups in total. The van der Waals surface area contributed by atoms with Crippen molar-refractivity contribution >= 4 is 5.82 Å². The molecule has 1 aromatic rings. The molecule has 1 aromatic heterocycles. The highest BCUT2D eigenvalue weighted by Gasteiger charge is 2.05. The van der Waals surface area contributed by atoms with E-state index in [-0.39, 0.29) is 6.04 Å². The van der Waals surface area contributed by atoms with Crippen molar-refractivity contribution in [3.8, 4) is 18.4 Å². The lowest BCUT2D eigenvalue weighted by Gasteiger charge is -2.11. The molecule has 0 aromatic carbocycles. The Balaban J connectivity index is 2.77. The van der Waals surface area contributed by atoms with E-state index in [2.05, 4.69) is 21.2 Å². The van der Waals surface area contributed by atoms with Crippen LogP contribution in [-0.2, 0) is 0 Å². The van der Waals surface area contributed by atoms with Crippen molar-refractivity contribution in [2.45, 2.75) is 19.4 Å². The Kier molecular flexibility index (Phi) is 3.46. The monoisotopic (exact) mass is 186 g/mol. The molecule has 70 valence electrons. The summed E-state index contributed by atoms with van der Waals surface area (Å²) in [5.74, 6) is 3.07. The molecule has 14 heavy (non-hydrogen) atoms. The van der Waals surface area contributed by atoms with Crippen LogP contribution in [-0.4, -0.2) is 16.0 Å². The average molecular weight is 186 g/mol. The van der Waals surface area contributed by atoms with Crippen LogP contribution in [0.1, 0.15) is 18.9 Å². The van der Waals surface area contributed by atoms with Crippen molar-refractivity contribution in [1.82, 2.24) is 9.97 Å². The maximum absolute atomic E-state index is 8.75. The number of nitrogens with zero attached hydrogens (tertiary/aromatic N) is 3. The summed E-state index contributed by atoms with van der Waals surface area (Å²) in [7, 11) is 0. The van der Waals surface area contributed by atoms with Gasteiger partial charge in [0.05, 0.1) is 6.20 Å². The molecule has 4 nitrogen and oxygen atoms in total. The largest absolute Gasteiger partial charge is 0.365 e. The van der Waals surface area contributed by atoms with Crippen LogP contribution >= 0.6 is 0 Å². The molecule has 1 heterocycles. The highest BCUT2D eigenvalue weighted by atomic mass is 15.0. The summed E-state index contributed by atoms with van der Waals surface area (Å²) in [6, 6.07) is 2.10. The zero-order valence-electron chi connectivity index (χ0n) is 7.86. The SMILES string of the molecule is C#CCC(C)Nc1ncncc1C#N. The van der Waals surface area contributed by atoms with Crippen LogP contribution in [0.3, 0.4) is 0 Å². The number of nitrogens with one attached hydrogen (secondary N) is 1. The smallest absolute Gasteiger partial charge is 0.147 e. The van der Waals surface area contributed by atoms with E-state index < -0.39 is 0 Å². The molecule has 0 bridgehead atoms. The topological polar surface area (TPSA) is 61.6 Å². The van der Waals surface area contributed by atoms with Gasteiger partial charge in [-0.05, 0) is 6.92 Å². The molecule has 0 spiro atoms. The van der Waals surface area contributed by atoms with Gasteiger partial charge < -0.3 is 5.32 Å². The van der Waals surface area contributed by atoms with Crippen molar-refractivity contribution < 1.29 is 0 Å². The highest BCUT2D eigenvalue weighted by molar-refractivity contribution is 5.50. The number of aromatic nitrogens is 2. The molecule has 0 saturated heterocycles. The van der Waals surface area contributed by atoms with Gasteiger partial charge in [0.15, 0.2) is 0 Å². The molecule has 0 aliphatic rings. The Bertz CT molecular complexity index is 386. The third-order valence-corrected chi connectivity index (χ3v) is 1.64. The fourth-order valence-electron chi connectivity index (χ4n) is 0.988. The summed E-state index contributed by atoms with van der Waals surface area (Å²) >= 11 is 0. The minimum atomic E-state index is 0.0991. The first-order valence-corrected chi connectivity index (χ1v) is 4.18. The maximum Gasteiger partial charge on any atom is 0.147 e. The third-order valence-electron chi connectivity index (χ3n) is 1.64. The lowest BCUT2D eigenvalue weighted by Crippen LogP contribution is -2.16. The predicted octanol–water partition coefficient (Wildman–Crippen LogP) is 1.17. The molecule has 0 aliphatic carbocycles. The van der Waals surface area contributed by atoms with E-state index >= 15 is 0 Å². The van der Waals surface area contributed by atoms with Crippen molar-refractivity contribution in [2.24, 2.45) is 0 Å². The van der Waals surface area contributed by atoms with Crippen molar-refractivity contribution in [3.63, 3.8) is 0 Å². The lowest BCUT2D eigenvalue weighted by atomic mass is 10.2. The molecule has 1 rings (SSSR count). The van der Waals surface area contributed by atoms with E-state index in [0.717, 1.165) is 0 Å². The van der Waals surface area contributed by atoms with Gasteiger partial charge in [0.1, 0.15) is 23.8 Å². The van der Waals surface area contributed by atoms with E-state index in [9.17, 15) is 0 Å². The van der Waals surface area contributed by atoms with E-state index in [1.54, 1.807) is 0 Å². The van der Waals surface area contributed by atoms with Gasteiger partial charge in [-0.1, -0.05) is 0 Å². The first-order valence-electron chi connectivity index (χ1n) is 4.18. The fraction of sp³-hybridized carbons (Fsp3) is 0.300.